The average molecular weight is 312 g/mol. The molecule has 2 saturated heterocycles. The van der Waals surface area contributed by atoms with Crippen LogP contribution in [-0.2, 0) is 4.74 Å². The molecule has 3 nitrogen and oxygen atoms in total. The molecule has 0 amide bonds. The van der Waals surface area contributed by atoms with E-state index in [0.717, 1.165) is 39.0 Å². The molecular formula is C19H21FN2O. The zero-order chi connectivity index (χ0) is 15.7. The summed E-state index contributed by atoms with van der Waals surface area (Å²) in [4.78, 5) is 6.36. The van der Waals surface area contributed by atoms with Gasteiger partial charge in [-0.1, -0.05) is 18.2 Å². The van der Waals surface area contributed by atoms with E-state index in [0.29, 0.717) is 11.6 Å². The molecule has 1 atom stereocenters. The summed E-state index contributed by atoms with van der Waals surface area (Å²) in [6.07, 6.45) is 6.71. The Morgan fingerprint density at radius 2 is 1.96 bits per heavy atom. The Labute approximate surface area is 136 Å². The van der Waals surface area contributed by atoms with E-state index in [9.17, 15) is 4.39 Å². The molecular weight excluding hydrogens is 291 g/mol. The molecule has 4 rings (SSSR count). The number of halogens is 1. The van der Waals surface area contributed by atoms with Crippen molar-refractivity contribution in [2.24, 2.45) is 0 Å². The molecule has 120 valence electrons. The lowest BCUT2D eigenvalue weighted by atomic mass is 9.83. The molecule has 4 heteroatoms. The number of benzene rings is 1. The van der Waals surface area contributed by atoms with E-state index in [1.165, 1.54) is 11.6 Å². The van der Waals surface area contributed by atoms with Gasteiger partial charge >= 0.3 is 0 Å². The summed E-state index contributed by atoms with van der Waals surface area (Å²) in [5, 5.41) is 0. The van der Waals surface area contributed by atoms with Crippen LogP contribution in [0.15, 0.2) is 48.8 Å². The second kappa shape index (κ2) is 5.93. The Balaban J connectivity index is 1.43. The first-order chi connectivity index (χ1) is 11.3. The third-order valence-corrected chi connectivity index (χ3v) is 5.23. The van der Waals surface area contributed by atoms with E-state index in [2.05, 4.69) is 16.0 Å². The average Bonchev–Trinajstić information content (AvgIpc) is 3.01. The fourth-order valence-electron chi connectivity index (χ4n) is 3.89. The predicted molar refractivity (Wildman–Crippen MR) is 88.1 cm³/mol. The molecule has 1 aromatic heterocycles. The highest BCUT2D eigenvalue weighted by atomic mass is 19.1. The standard InChI is InChI=1S/C19H21FN2O/c20-17-5-1-2-6-18(17)22-10-7-19(8-11-22)12-16(14-23-19)15-4-3-9-21-13-15/h1-6,9,13,16H,7-8,10-12,14H2. The minimum atomic E-state index is -0.135. The number of aromatic nitrogens is 1. The van der Waals surface area contributed by atoms with Crippen molar-refractivity contribution in [2.45, 2.75) is 30.8 Å². The van der Waals surface area contributed by atoms with Crippen LogP contribution in [-0.4, -0.2) is 30.3 Å². The van der Waals surface area contributed by atoms with E-state index >= 15 is 0 Å². The van der Waals surface area contributed by atoms with Crippen LogP contribution < -0.4 is 4.90 Å². The zero-order valence-corrected chi connectivity index (χ0v) is 13.1. The van der Waals surface area contributed by atoms with E-state index in [1.54, 1.807) is 6.07 Å². The van der Waals surface area contributed by atoms with Gasteiger partial charge in [-0.15, -0.1) is 0 Å². The first kappa shape index (κ1) is 14.6. The molecule has 1 unspecified atom stereocenters. The fraction of sp³-hybridized carbons (Fsp3) is 0.421. The molecule has 0 N–H and O–H groups in total. The van der Waals surface area contributed by atoms with Gasteiger partial charge in [-0.05, 0) is 43.0 Å². The van der Waals surface area contributed by atoms with Crippen LogP contribution in [0.3, 0.4) is 0 Å². The molecule has 3 heterocycles. The third-order valence-electron chi connectivity index (χ3n) is 5.23. The van der Waals surface area contributed by atoms with Gasteiger partial charge in [0.2, 0.25) is 0 Å². The second-order valence-electron chi connectivity index (χ2n) is 6.62. The van der Waals surface area contributed by atoms with Crippen molar-refractivity contribution in [1.29, 1.82) is 0 Å². The number of piperidine rings is 1. The molecule has 2 fully saturated rings. The maximum atomic E-state index is 13.9. The van der Waals surface area contributed by atoms with Crippen LogP contribution >= 0.6 is 0 Å². The van der Waals surface area contributed by atoms with Crippen LogP contribution in [0.4, 0.5) is 10.1 Å². The van der Waals surface area contributed by atoms with Crippen molar-refractivity contribution in [3.63, 3.8) is 0 Å². The third kappa shape index (κ3) is 2.83. The molecule has 1 aromatic carbocycles. The molecule has 1 spiro atoms. The van der Waals surface area contributed by atoms with Crippen molar-refractivity contribution in [1.82, 2.24) is 4.98 Å². The SMILES string of the molecule is Fc1ccccc1N1CCC2(CC1)CC(c1cccnc1)CO2. The maximum Gasteiger partial charge on any atom is 0.146 e. The van der Waals surface area contributed by atoms with Crippen molar-refractivity contribution in [3.05, 3.63) is 60.2 Å². The normalized spacial score (nSPS) is 23.3. The summed E-state index contributed by atoms with van der Waals surface area (Å²) in [5.74, 6) is 0.299. The van der Waals surface area contributed by atoms with Crippen LogP contribution in [0.25, 0.3) is 0 Å². The number of pyridine rings is 1. The number of hydrogen-bond acceptors (Lipinski definition) is 3. The van der Waals surface area contributed by atoms with Gasteiger partial charge in [0.15, 0.2) is 0 Å². The summed E-state index contributed by atoms with van der Waals surface area (Å²) in [6.45, 7) is 2.47. The minimum Gasteiger partial charge on any atom is -0.374 e. The van der Waals surface area contributed by atoms with Gasteiger partial charge < -0.3 is 9.64 Å². The Kier molecular flexibility index (Phi) is 3.77. The van der Waals surface area contributed by atoms with Crippen molar-refractivity contribution >= 4 is 5.69 Å². The van der Waals surface area contributed by atoms with Crippen molar-refractivity contribution in [3.8, 4) is 0 Å². The van der Waals surface area contributed by atoms with Gasteiger partial charge in [-0.3, -0.25) is 4.98 Å². The fourth-order valence-corrected chi connectivity index (χ4v) is 3.89. The number of nitrogens with zero attached hydrogens (tertiary/aromatic N) is 2. The van der Waals surface area contributed by atoms with E-state index in [-0.39, 0.29) is 11.4 Å². The molecule has 2 aliphatic heterocycles. The molecule has 0 aliphatic carbocycles. The number of ether oxygens (including phenoxy) is 1. The summed E-state index contributed by atoms with van der Waals surface area (Å²) >= 11 is 0. The number of anilines is 1. The highest BCUT2D eigenvalue weighted by Crippen LogP contribution is 2.43. The monoisotopic (exact) mass is 312 g/mol. The van der Waals surface area contributed by atoms with E-state index < -0.39 is 0 Å². The quantitative estimate of drug-likeness (QED) is 0.844. The zero-order valence-electron chi connectivity index (χ0n) is 13.1. The van der Waals surface area contributed by atoms with Crippen molar-refractivity contribution in [2.75, 3.05) is 24.6 Å². The van der Waals surface area contributed by atoms with Crippen LogP contribution in [0.2, 0.25) is 0 Å². The lowest BCUT2D eigenvalue weighted by Gasteiger charge is -2.40. The number of rotatable bonds is 2. The van der Waals surface area contributed by atoms with Gasteiger partial charge in [-0.25, -0.2) is 4.39 Å². The number of hydrogen-bond donors (Lipinski definition) is 0. The smallest absolute Gasteiger partial charge is 0.146 e. The van der Waals surface area contributed by atoms with Crippen LogP contribution in [0.5, 0.6) is 0 Å². The van der Waals surface area contributed by atoms with Gasteiger partial charge in [-0.2, -0.15) is 0 Å². The Bertz CT molecular complexity index is 668. The first-order valence-electron chi connectivity index (χ1n) is 8.29. The van der Waals surface area contributed by atoms with E-state index in [4.69, 9.17) is 4.74 Å². The molecule has 23 heavy (non-hydrogen) atoms. The Morgan fingerprint density at radius 3 is 2.70 bits per heavy atom. The topological polar surface area (TPSA) is 25.4 Å². The number of para-hydroxylation sites is 1. The predicted octanol–water partition coefficient (Wildman–Crippen LogP) is 3.76. The molecule has 2 aliphatic rings. The minimum absolute atomic E-state index is 0.0394. The van der Waals surface area contributed by atoms with E-state index in [1.807, 2.05) is 30.6 Å². The molecule has 0 radical (unpaired) electrons. The summed E-state index contributed by atoms with van der Waals surface area (Å²) in [5.41, 5.74) is 1.94. The largest absolute Gasteiger partial charge is 0.374 e. The van der Waals surface area contributed by atoms with Crippen LogP contribution in [0, 0.1) is 5.82 Å². The first-order valence-corrected chi connectivity index (χ1v) is 8.29. The van der Waals surface area contributed by atoms with Gasteiger partial charge in [0, 0.05) is 31.4 Å². The van der Waals surface area contributed by atoms with Crippen LogP contribution in [0.1, 0.15) is 30.7 Å². The molecule has 2 aromatic rings. The summed E-state index contributed by atoms with van der Waals surface area (Å²) < 4.78 is 20.2. The second-order valence-corrected chi connectivity index (χ2v) is 6.62. The molecule has 0 saturated carbocycles. The van der Waals surface area contributed by atoms with Gasteiger partial charge in [0.1, 0.15) is 5.82 Å². The van der Waals surface area contributed by atoms with Crippen molar-refractivity contribution < 1.29 is 9.13 Å². The Morgan fingerprint density at radius 1 is 1.13 bits per heavy atom. The summed E-state index contributed by atoms with van der Waals surface area (Å²) in [6, 6.07) is 11.2. The highest BCUT2D eigenvalue weighted by Gasteiger charge is 2.43. The molecule has 0 bridgehead atoms. The summed E-state index contributed by atoms with van der Waals surface area (Å²) in [7, 11) is 0. The lowest BCUT2D eigenvalue weighted by molar-refractivity contribution is -0.0149. The highest BCUT2D eigenvalue weighted by molar-refractivity contribution is 5.48. The Hall–Kier alpha value is -1.94. The maximum absolute atomic E-state index is 13.9. The van der Waals surface area contributed by atoms with Gasteiger partial charge in [0.25, 0.3) is 0 Å². The van der Waals surface area contributed by atoms with Gasteiger partial charge in [0.05, 0.1) is 17.9 Å². The lowest BCUT2D eigenvalue weighted by Crippen LogP contribution is -2.44.